The Bertz CT molecular complexity index is 757. The molecule has 0 aliphatic carbocycles. The maximum atomic E-state index is 13.9. The number of hydrogen-bond acceptors (Lipinski definition) is 2. The van der Waals surface area contributed by atoms with Crippen molar-refractivity contribution in [2.45, 2.75) is 13.8 Å². The van der Waals surface area contributed by atoms with Crippen LogP contribution in [0.25, 0.3) is 11.1 Å². The summed E-state index contributed by atoms with van der Waals surface area (Å²) in [5.41, 5.74) is -0.194. The van der Waals surface area contributed by atoms with Crippen LogP contribution in [0.3, 0.4) is 0 Å². The summed E-state index contributed by atoms with van der Waals surface area (Å²) in [6.45, 7) is 3.05. The van der Waals surface area contributed by atoms with Crippen LogP contribution in [-0.4, -0.2) is 4.98 Å². The molecule has 0 saturated carbocycles. The van der Waals surface area contributed by atoms with Crippen molar-refractivity contribution in [1.82, 2.24) is 4.98 Å². The first-order valence-corrected chi connectivity index (χ1v) is 5.54. The van der Waals surface area contributed by atoms with Crippen LogP contribution in [0.4, 0.5) is 8.78 Å². The number of aromatic nitrogens is 1. The molecule has 5 heteroatoms. The van der Waals surface area contributed by atoms with Crippen LogP contribution in [0, 0.1) is 36.8 Å². The Morgan fingerprint density at radius 2 is 1.84 bits per heavy atom. The molecule has 3 nitrogen and oxygen atoms in total. The van der Waals surface area contributed by atoms with Crippen LogP contribution in [0.2, 0.25) is 0 Å². The van der Waals surface area contributed by atoms with Gasteiger partial charge < -0.3 is 4.98 Å². The van der Waals surface area contributed by atoms with Gasteiger partial charge in [0.15, 0.2) is 11.6 Å². The zero-order chi connectivity index (χ0) is 14.2. The number of halogens is 2. The first kappa shape index (κ1) is 13.0. The number of nitriles is 1. The van der Waals surface area contributed by atoms with Gasteiger partial charge in [-0.05, 0) is 25.5 Å². The minimum absolute atomic E-state index is 0.0890. The second-order valence-corrected chi connectivity index (χ2v) is 4.24. The van der Waals surface area contributed by atoms with E-state index in [2.05, 4.69) is 4.98 Å². The average molecular weight is 260 g/mol. The fraction of sp³-hybridized carbons (Fsp3) is 0.143. The standard InChI is InChI=1S/C14H10F2N2O/c1-7-3-4-9(13(16)12(7)15)10-5-8(2)18-14(19)11(10)6-17/h3-5H,1-2H3,(H,18,19). The van der Waals surface area contributed by atoms with E-state index < -0.39 is 17.2 Å². The van der Waals surface area contributed by atoms with Gasteiger partial charge >= 0.3 is 0 Å². The summed E-state index contributed by atoms with van der Waals surface area (Å²) in [5, 5.41) is 8.98. The smallest absolute Gasteiger partial charge is 0.266 e. The molecule has 0 aliphatic rings. The molecule has 2 rings (SSSR count). The lowest BCUT2D eigenvalue weighted by Crippen LogP contribution is -2.13. The van der Waals surface area contributed by atoms with E-state index in [1.165, 1.54) is 25.1 Å². The molecule has 1 heterocycles. The molecule has 96 valence electrons. The zero-order valence-electron chi connectivity index (χ0n) is 10.3. The van der Waals surface area contributed by atoms with Crippen molar-refractivity contribution < 1.29 is 8.78 Å². The largest absolute Gasteiger partial charge is 0.325 e. The van der Waals surface area contributed by atoms with E-state index in [4.69, 9.17) is 5.26 Å². The molecule has 0 aliphatic heterocycles. The van der Waals surface area contributed by atoms with Crippen LogP contribution >= 0.6 is 0 Å². The summed E-state index contributed by atoms with van der Waals surface area (Å²) >= 11 is 0. The molecule has 1 aromatic heterocycles. The van der Waals surface area contributed by atoms with Crippen molar-refractivity contribution in [1.29, 1.82) is 5.26 Å². The molecule has 0 unspecified atom stereocenters. The van der Waals surface area contributed by atoms with Gasteiger partial charge in [-0.3, -0.25) is 4.79 Å². The predicted molar refractivity (Wildman–Crippen MR) is 66.6 cm³/mol. The van der Waals surface area contributed by atoms with E-state index in [-0.39, 0.29) is 22.3 Å². The second-order valence-electron chi connectivity index (χ2n) is 4.24. The van der Waals surface area contributed by atoms with Crippen LogP contribution in [0.1, 0.15) is 16.8 Å². The summed E-state index contributed by atoms with van der Waals surface area (Å²) in [6, 6.07) is 5.94. The maximum absolute atomic E-state index is 13.9. The molecule has 0 atom stereocenters. The van der Waals surface area contributed by atoms with Gasteiger partial charge in [-0.15, -0.1) is 0 Å². The number of benzene rings is 1. The van der Waals surface area contributed by atoms with E-state index in [9.17, 15) is 13.6 Å². The highest BCUT2D eigenvalue weighted by molar-refractivity contribution is 5.71. The topological polar surface area (TPSA) is 56.6 Å². The molecular weight excluding hydrogens is 250 g/mol. The molecule has 2 aromatic rings. The number of aromatic amines is 1. The van der Waals surface area contributed by atoms with Crippen molar-refractivity contribution in [2.75, 3.05) is 0 Å². The Kier molecular flexibility index (Phi) is 3.17. The number of hydrogen-bond donors (Lipinski definition) is 1. The highest BCUT2D eigenvalue weighted by Gasteiger charge is 2.17. The van der Waals surface area contributed by atoms with Gasteiger partial charge in [-0.2, -0.15) is 5.26 Å². The summed E-state index contributed by atoms with van der Waals surface area (Å²) < 4.78 is 27.5. The Morgan fingerprint density at radius 3 is 2.47 bits per heavy atom. The van der Waals surface area contributed by atoms with Gasteiger partial charge in [0.25, 0.3) is 5.56 Å². The van der Waals surface area contributed by atoms with E-state index in [1.807, 2.05) is 0 Å². The molecule has 1 aromatic carbocycles. The SMILES string of the molecule is Cc1cc(-c2ccc(C)c(F)c2F)c(C#N)c(=O)[nH]1. The molecule has 0 amide bonds. The minimum atomic E-state index is -1.05. The van der Waals surface area contributed by atoms with E-state index >= 15 is 0 Å². The Labute approximate surface area is 108 Å². The number of pyridine rings is 1. The van der Waals surface area contributed by atoms with Crippen molar-refractivity contribution in [3.05, 3.63) is 57.0 Å². The number of rotatable bonds is 1. The van der Waals surface area contributed by atoms with Gasteiger partial charge in [0.2, 0.25) is 0 Å². The first-order chi connectivity index (χ1) is 8.95. The van der Waals surface area contributed by atoms with E-state index in [0.29, 0.717) is 5.69 Å². The van der Waals surface area contributed by atoms with Crippen molar-refractivity contribution in [2.24, 2.45) is 0 Å². The van der Waals surface area contributed by atoms with Gasteiger partial charge in [0, 0.05) is 16.8 Å². The summed E-state index contributed by atoms with van der Waals surface area (Å²) in [5.74, 6) is -2.03. The molecule has 0 bridgehead atoms. The molecule has 1 N–H and O–H groups in total. The average Bonchev–Trinajstić information content (AvgIpc) is 2.35. The highest BCUT2D eigenvalue weighted by Crippen LogP contribution is 2.27. The molecule has 19 heavy (non-hydrogen) atoms. The highest BCUT2D eigenvalue weighted by atomic mass is 19.2. The number of H-pyrrole nitrogens is 1. The molecule has 0 radical (unpaired) electrons. The molecular formula is C14H10F2N2O. The van der Waals surface area contributed by atoms with Gasteiger partial charge in [0.05, 0.1) is 0 Å². The third-order valence-electron chi connectivity index (χ3n) is 2.85. The van der Waals surface area contributed by atoms with Gasteiger partial charge in [-0.1, -0.05) is 12.1 Å². The van der Waals surface area contributed by atoms with Crippen LogP contribution in [-0.2, 0) is 0 Å². The lowest BCUT2D eigenvalue weighted by Gasteiger charge is -2.08. The van der Waals surface area contributed by atoms with Crippen molar-refractivity contribution in [3.63, 3.8) is 0 Å². The second kappa shape index (κ2) is 4.65. The molecule has 0 spiro atoms. The lowest BCUT2D eigenvalue weighted by atomic mass is 9.99. The zero-order valence-corrected chi connectivity index (χ0v) is 10.3. The first-order valence-electron chi connectivity index (χ1n) is 5.54. The van der Waals surface area contributed by atoms with Crippen molar-refractivity contribution in [3.8, 4) is 17.2 Å². The van der Waals surface area contributed by atoms with E-state index in [0.717, 1.165) is 0 Å². The third kappa shape index (κ3) is 2.13. The van der Waals surface area contributed by atoms with Crippen LogP contribution < -0.4 is 5.56 Å². The predicted octanol–water partition coefficient (Wildman–Crippen LogP) is 2.81. The Hall–Kier alpha value is -2.48. The summed E-state index contributed by atoms with van der Waals surface area (Å²) in [4.78, 5) is 14.1. The normalized spacial score (nSPS) is 10.3. The third-order valence-corrected chi connectivity index (χ3v) is 2.85. The van der Waals surface area contributed by atoms with Crippen LogP contribution in [0.15, 0.2) is 23.0 Å². The summed E-state index contributed by atoms with van der Waals surface area (Å²) in [6.07, 6.45) is 0. The maximum Gasteiger partial charge on any atom is 0.266 e. The minimum Gasteiger partial charge on any atom is -0.325 e. The fourth-order valence-electron chi connectivity index (χ4n) is 1.87. The number of nitrogens with zero attached hydrogens (tertiary/aromatic N) is 1. The van der Waals surface area contributed by atoms with E-state index in [1.54, 1.807) is 13.0 Å². The van der Waals surface area contributed by atoms with Gasteiger partial charge in [-0.25, -0.2) is 8.78 Å². The number of nitrogens with one attached hydrogen (secondary N) is 1. The fourth-order valence-corrected chi connectivity index (χ4v) is 1.87. The Balaban J connectivity index is 2.84. The van der Waals surface area contributed by atoms with Gasteiger partial charge in [0.1, 0.15) is 11.6 Å². The lowest BCUT2D eigenvalue weighted by molar-refractivity contribution is 0.505. The molecule has 0 fully saturated rings. The quantitative estimate of drug-likeness (QED) is 0.857. The Morgan fingerprint density at radius 1 is 1.16 bits per heavy atom. The molecule has 0 saturated heterocycles. The summed E-state index contributed by atoms with van der Waals surface area (Å²) in [7, 11) is 0. The van der Waals surface area contributed by atoms with Crippen molar-refractivity contribution >= 4 is 0 Å². The number of aryl methyl sites for hydroxylation is 2. The monoisotopic (exact) mass is 260 g/mol. The van der Waals surface area contributed by atoms with Crippen LogP contribution in [0.5, 0.6) is 0 Å².